The molecule has 1 aromatic heterocycles. The summed E-state index contributed by atoms with van der Waals surface area (Å²) in [6, 6.07) is 13.0. The van der Waals surface area contributed by atoms with E-state index in [9.17, 15) is 14.7 Å². The Hall–Kier alpha value is -3.30. The lowest BCUT2D eigenvalue weighted by atomic mass is 10.2. The second-order valence-electron chi connectivity index (χ2n) is 6.22. The Balaban J connectivity index is 1.62. The van der Waals surface area contributed by atoms with E-state index in [-0.39, 0.29) is 23.8 Å². The first-order valence-corrected chi connectivity index (χ1v) is 10.5. The van der Waals surface area contributed by atoms with Gasteiger partial charge in [-0.25, -0.2) is 0 Å². The van der Waals surface area contributed by atoms with Gasteiger partial charge in [0.15, 0.2) is 11.0 Å². The number of anilines is 1. The van der Waals surface area contributed by atoms with Crippen LogP contribution in [0, 0.1) is 0 Å². The van der Waals surface area contributed by atoms with Crippen LogP contribution in [0.4, 0.5) is 5.69 Å². The molecule has 8 nitrogen and oxygen atoms in total. The largest absolute Gasteiger partial charge is 0.545 e. The first-order valence-electron chi connectivity index (χ1n) is 9.12. The number of benzene rings is 2. The van der Waals surface area contributed by atoms with E-state index in [4.69, 9.17) is 16.3 Å². The summed E-state index contributed by atoms with van der Waals surface area (Å²) in [7, 11) is 0. The van der Waals surface area contributed by atoms with E-state index in [0.29, 0.717) is 34.0 Å². The van der Waals surface area contributed by atoms with Gasteiger partial charge in [-0.15, -0.1) is 16.8 Å². The predicted molar refractivity (Wildman–Crippen MR) is 116 cm³/mol. The van der Waals surface area contributed by atoms with Crippen LogP contribution in [0.15, 0.2) is 66.3 Å². The van der Waals surface area contributed by atoms with Crippen LogP contribution in [0.5, 0.6) is 5.75 Å². The number of aromatic nitrogens is 3. The molecule has 0 unspecified atom stereocenters. The molecule has 0 aliphatic carbocycles. The summed E-state index contributed by atoms with van der Waals surface area (Å²) in [5, 5.41) is 22.9. The monoisotopic (exact) mass is 457 g/mol. The van der Waals surface area contributed by atoms with Gasteiger partial charge in [0, 0.05) is 12.2 Å². The number of aromatic carboxylic acids is 1. The normalized spacial score (nSPS) is 10.5. The van der Waals surface area contributed by atoms with Crippen molar-refractivity contribution in [3.8, 4) is 5.75 Å². The molecular weight excluding hydrogens is 440 g/mol. The molecule has 0 bridgehead atoms. The van der Waals surface area contributed by atoms with Crippen molar-refractivity contribution in [1.82, 2.24) is 14.8 Å². The molecule has 1 N–H and O–H groups in total. The molecule has 31 heavy (non-hydrogen) atoms. The van der Waals surface area contributed by atoms with E-state index in [1.165, 1.54) is 30.0 Å². The van der Waals surface area contributed by atoms with Crippen molar-refractivity contribution in [1.29, 1.82) is 0 Å². The van der Waals surface area contributed by atoms with Crippen molar-refractivity contribution in [2.75, 3.05) is 11.1 Å². The van der Waals surface area contributed by atoms with Crippen molar-refractivity contribution < 1.29 is 19.4 Å². The van der Waals surface area contributed by atoms with Gasteiger partial charge in [-0.2, -0.15) is 0 Å². The number of nitrogens with zero attached hydrogens (tertiary/aromatic N) is 3. The van der Waals surface area contributed by atoms with Crippen molar-refractivity contribution in [2.45, 2.75) is 18.3 Å². The molecule has 1 amide bonds. The van der Waals surface area contributed by atoms with Crippen LogP contribution >= 0.6 is 23.4 Å². The molecule has 0 radical (unpaired) electrons. The maximum absolute atomic E-state index is 12.3. The SMILES string of the molecule is C=CCn1c(COc2ccccc2Cl)nnc1SCC(=O)Nc1cccc(C(=O)[O-])c1. The summed E-state index contributed by atoms with van der Waals surface area (Å²) in [5.74, 6) is -0.484. The standard InChI is InChI=1S/C21H19ClN4O4S/c1-2-10-26-18(12-30-17-9-4-3-8-16(17)22)24-25-21(26)31-13-19(27)23-15-7-5-6-14(11-15)20(28)29/h2-9,11H,1,10,12-13H2,(H,23,27)(H,28,29)/p-1. The van der Waals surface area contributed by atoms with Crippen LogP contribution in [0.2, 0.25) is 5.02 Å². The summed E-state index contributed by atoms with van der Waals surface area (Å²) in [4.78, 5) is 23.2. The van der Waals surface area contributed by atoms with Crippen molar-refractivity contribution >= 4 is 40.9 Å². The van der Waals surface area contributed by atoms with Crippen LogP contribution in [-0.4, -0.2) is 32.4 Å². The average Bonchev–Trinajstić information content (AvgIpc) is 3.14. The number of hydrogen-bond acceptors (Lipinski definition) is 7. The number of thioether (sulfide) groups is 1. The van der Waals surface area contributed by atoms with Crippen LogP contribution in [0.3, 0.4) is 0 Å². The number of carbonyl (C=O) groups is 2. The predicted octanol–water partition coefficient (Wildman–Crippen LogP) is 2.79. The number of hydrogen-bond donors (Lipinski definition) is 1. The zero-order chi connectivity index (χ0) is 22.2. The lowest BCUT2D eigenvalue weighted by Crippen LogP contribution is -2.22. The fourth-order valence-electron chi connectivity index (χ4n) is 2.60. The molecule has 0 saturated heterocycles. The Morgan fingerprint density at radius 1 is 1.23 bits per heavy atom. The minimum Gasteiger partial charge on any atom is -0.545 e. The molecule has 0 aliphatic rings. The summed E-state index contributed by atoms with van der Waals surface area (Å²) in [5.41, 5.74) is 0.355. The van der Waals surface area contributed by atoms with Gasteiger partial charge in [-0.3, -0.25) is 9.36 Å². The molecule has 0 atom stereocenters. The number of nitrogens with one attached hydrogen (secondary N) is 1. The zero-order valence-corrected chi connectivity index (χ0v) is 17.9. The number of carbonyl (C=O) groups excluding carboxylic acids is 2. The smallest absolute Gasteiger partial charge is 0.234 e. The minimum atomic E-state index is -1.31. The van der Waals surface area contributed by atoms with E-state index in [1.54, 1.807) is 28.8 Å². The van der Waals surface area contributed by atoms with Gasteiger partial charge in [-0.05, 0) is 29.8 Å². The molecule has 3 rings (SSSR count). The maximum Gasteiger partial charge on any atom is 0.234 e. The van der Waals surface area contributed by atoms with Crippen molar-refractivity contribution in [3.05, 3.63) is 77.6 Å². The van der Waals surface area contributed by atoms with E-state index >= 15 is 0 Å². The summed E-state index contributed by atoms with van der Waals surface area (Å²) >= 11 is 7.30. The van der Waals surface area contributed by atoms with Crippen LogP contribution in [0.25, 0.3) is 0 Å². The lowest BCUT2D eigenvalue weighted by Gasteiger charge is -2.10. The number of halogens is 1. The van der Waals surface area contributed by atoms with Crippen molar-refractivity contribution in [2.24, 2.45) is 0 Å². The van der Waals surface area contributed by atoms with Crippen LogP contribution < -0.4 is 15.2 Å². The topological polar surface area (TPSA) is 109 Å². The number of ether oxygens (including phenoxy) is 1. The van der Waals surface area contributed by atoms with Gasteiger partial charge in [0.2, 0.25) is 5.91 Å². The van der Waals surface area contributed by atoms with Crippen LogP contribution in [0.1, 0.15) is 16.2 Å². The van der Waals surface area contributed by atoms with Crippen LogP contribution in [-0.2, 0) is 17.9 Å². The first-order chi connectivity index (χ1) is 15.0. The number of para-hydroxylation sites is 1. The third-order valence-corrected chi connectivity index (χ3v) is 5.29. The van der Waals surface area contributed by atoms with Gasteiger partial charge in [0.25, 0.3) is 0 Å². The molecule has 2 aromatic carbocycles. The second kappa shape index (κ2) is 10.6. The molecule has 0 aliphatic heterocycles. The fraction of sp³-hybridized carbons (Fsp3) is 0.143. The van der Waals surface area contributed by atoms with Gasteiger partial charge >= 0.3 is 0 Å². The highest BCUT2D eigenvalue weighted by Crippen LogP contribution is 2.25. The number of rotatable bonds is 10. The Kier molecular flexibility index (Phi) is 7.69. The minimum absolute atomic E-state index is 0.0145. The highest BCUT2D eigenvalue weighted by Gasteiger charge is 2.15. The molecule has 1 heterocycles. The highest BCUT2D eigenvalue weighted by molar-refractivity contribution is 7.99. The summed E-state index contributed by atoms with van der Waals surface area (Å²) in [6.07, 6.45) is 1.69. The summed E-state index contributed by atoms with van der Waals surface area (Å²) in [6.45, 7) is 4.33. The molecule has 0 fully saturated rings. The second-order valence-corrected chi connectivity index (χ2v) is 7.57. The number of allylic oxidation sites excluding steroid dienone is 1. The third-order valence-electron chi connectivity index (χ3n) is 4.01. The Labute approximate surface area is 187 Å². The molecule has 160 valence electrons. The fourth-order valence-corrected chi connectivity index (χ4v) is 3.56. The Bertz CT molecular complexity index is 1100. The van der Waals surface area contributed by atoms with Gasteiger partial charge in [-0.1, -0.05) is 53.7 Å². The quantitative estimate of drug-likeness (QED) is 0.368. The van der Waals surface area contributed by atoms with Crippen molar-refractivity contribution in [3.63, 3.8) is 0 Å². The van der Waals surface area contributed by atoms with Gasteiger partial charge in [0.05, 0.1) is 16.7 Å². The zero-order valence-electron chi connectivity index (χ0n) is 16.3. The Morgan fingerprint density at radius 3 is 2.77 bits per heavy atom. The Morgan fingerprint density at radius 2 is 2.03 bits per heavy atom. The maximum atomic E-state index is 12.3. The van der Waals surface area contributed by atoms with E-state index in [2.05, 4.69) is 22.1 Å². The molecule has 3 aromatic rings. The molecule has 0 spiro atoms. The number of carboxylic acids is 1. The first kappa shape index (κ1) is 22.4. The van der Waals surface area contributed by atoms with E-state index < -0.39 is 5.97 Å². The highest BCUT2D eigenvalue weighted by atomic mass is 35.5. The number of carboxylic acid groups (broad SMARTS) is 1. The molecular formula is C21H18ClN4O4S-. The average molecular weight is 458 g/mol. The summed E-state index contributed by atoms with van der Waals surface area (Å²) < 4.78 is 7.52. The van der Waals surface area contributed by atoms with E-state index in [0.717, 1.165) is 0 Å². The third kappa shape index (κ3) is 6.09. The molecule has 10 heteroatoms. The van der Waals surface area contributed by atoms with Gasteiger partial charge in [0.1, 0.15) is 12.4 Å². The number of amides is 1. The van der Waals surface area contributed by atoms with Gasteiger partial charge < -0.3 is 20.0 Å². The van der Waals surface area contributed by atoms with E-state index in [1.807, 2.05) is 12.1 Å². The lowest BCUT2D eigenvalue weighted by molar-refractivity contribution is -0.255. The molecule has 0 saturated carbocycles.